The topological polar surface area (TPSA) is 102 Å². The number of hydrogen-bond acceptors (Lipinski definition) is 7. The number of hydrogen-bond donors (Lipinski definition) is 3. The minimum Gasteiger partial charge on any atom is -0.324 e. The predicted octanol–water partition coefficient (Wildman–Crippen LogP) is 3.40. The van der Waals surface area contributed by atoms with E-state index in [2.05, 4.69) is 53.0 Å². The molecule has 0 atom stereocenters. The first kappa shape index (κ1) is 23.2. The third kappa shape index (κ3) is 4.21. The van der Waals surface area contributed by atoms with Crippen molar-refractivity contribution in [2.24, 2.45) is 0 Å². The number of anilines is 2. The van der Waals surface area contributed by atoms with E-state index in [-0.39, 0.29) is 17.1 Å². The highest BCUT2D eigenvalue weighted by atomic mass is 16.1. The van der Waals surface area contributed by atoms with Gasteiger partial charge in [-0.15, -0.1) is 0 Å². The summed E-state index contributed by atoms with van der Waals surface area (Å²) in [5, 5.41) is 10.5. The second kappa shape index (κ2) is 8.90. The molecule has 0 unspecified atom stereocenters. The van der Waals surface area contributed by atoms with Crippen molar-refractivity contribution in [3.05, 3.63) is 69.8 Å². The summed E-state index contributed by atoms with van der Waals surface area (Å²) < 4.78 is 3.49. The number of nitrogens with zero attached hydrogens (tertiary/aromatic N) is 5. The lowest BCUT2D eigenvalue weighted by Gasteiger charge is -2.24. The largest absolute Gasteiger partial charge is 0.324 e. The second-order valence-electron chi connectivity index (χ2n) is 9.78. The molecule has 0 saturated heterocycles. The summed E-state index contributed by atoms with van der Waals surface area (Å²) in [4.78, 5) is 27.5. The highest BCUT2D eigenvalue weighted by molar-refractivity contribution is 5.77. The molecule has 1 aliphatic rings. The molecule has 1 aromatic carbocycles. The Hall–Kier alpha value is -3.56. The van der Waals surface area contributed by atoms with Crippen molar-refractivity contribution in [2.75, 3.05) is 18.9 Å². The van der Waals surface area contributed by atoms with Gasteiger partial charge in [-0.2, -0.15) is 4.98 Å². The lowest BCUT2D eigenvalue weighted by molar-refractivity contribution is 0.426. The number of fused-ring (bicyclic) bond motifs is 2. The van der Waals surface area contributed by atoms with E-state index in [1.54, 1.807) is 15.6 Å². The van der Waals surface area contributed by atoms with Crippen LogP contribution in [-0.2, 0) is 18.5 Å². The smallest absolute Gasteiger partial charge is 0.278 e. The van der Waals surface area contributed by atoms with Crippen molar-refractivity contribution >= 4 is 22.7 Å². The van der Waals surface area contributed by atoms with Crippen molar-refractivity contribution < 1.29 is 0 Å². The van der Waals surface area contributed by atoms with Crippen LogP contribution in [0.5, 0.6) is 0 Å². The van der Waals surface area contributed by atoms with Crippen LogP contribution < -0.4 is 21.5 Å². The maximum absolute atomic E-state index is 13.3. The normalized spacial score (nSPS) is 13.9. The number of aromatic nitrogens is 5. The van der Waals surface area contributed by atoms with Crippen LogP contribution in [0.25, 0.3) is 16.9 Å². The second-order valence-corrected chi connectivity index (χ2v) is 9.78. The summed E-state index contributed by atoms with van der Waals surface area (Å²) in [6.45, 7) is 9.95. The summed E-state index contributed by atoms with van der Waals surface area (Å²) in [5.74, 6) is 1.07. The third-order valence-electron chi connectivity index (χ3n) is 6.68. The fourth-order valence-electron chi connectivity index (χ4n) is 4.45. The van der Waals surface area contributed by atoms with Gasteiger partial charge in [0.25, 0.3) is 5.56 Å². The van der Waals surface area contributed by atoms with Crippen molar-refractivity contribution in [1.29, 1.82) is 0 Å². The minimum absolute atomic E-state index is 0.0935. The van der Waals surface area contributed by atoms with Crippen LogP contribution in [0.1, 0.15) is 50.6 Å². The molecule has 35 heavy (non-hydrogen) atoms. The van der Waals surface area contributed by atoms with Crippen LogP contribution in [0.3, 0.4) is 0 Å². The Bertz CT molecular complexity index is 1450. The van der Waals surface area contributed by atoms with Crippen LogP contribution in [0.15, 0.2) is 47.4 Å². The van der Waals surface area contributed by atoms with E-state index in [0.717, 1.165) is 30.9 Å². The summed E-state index contributed by atoms with van der Waals surface area (Å²) >= 11 is 0. The molecule has 4 heterocycles. The quantitative estimate of drug-likeness (QED) is 0.395. The molecule has 9 heteroatoms. The first-order valence-electron chi connectivity index (χ1n) is 12.0. The number of rotatable bonds is 6. The summed E-state index contributed by atoms with van der Waals surface area (Å²) in [6, 6.07) is 12.1. The Labute approximate surface area is 204 Å². The number of benzene rings is 1. The van der Waals surface area contributed by atoms with E-state index in [1.807, 2.05) is 39.1 Å². The van der Waals surface area contributed by atoms with Crippen LogP contribution in [-0.4, -0.2) is 37.9 Å². The summed E-state index contributed by atoms with van der Waals surface area (Å²) in [7, 11) is 1.91. The molecule has 0 fully saturated rings. The zero-order valence-corrected chi connectivity index (χ0v) is 20.9. The molecular weight excluding hydrogens is 440 g/mol. The van der Waals surface area contributed by atoms with E-state index in [9.17, 15) is 4.79 Å². The van der Waals surface area contributed by atoms with Gasteiger partial charge in [0.1, 0.15) is 5.39 Å². The summed E-state index contributed by atoms with van der Waals surface area (Å²) in [6.07, 6.45) is 2.63. The van der Waals surface area contributed by atoms with Crippen LogP contribution >= 0.6 is 0 Å². The molecule has 5 rings (SSSR count). The summed E-state index contributed by atoms with van der Waals surface area (Å²) in [5.41, 5.74) is 4.49. The zero-order chi connectivity index (χ0) is 24.7. The molecule has 0 aliphatic carbocycles. The molecule has 0 bridgehead atoms. The van der Waals surface area contributed by atoms with Crippen LogP contribution in [0, 0.1) is 0 Å². The van der Waals surface area contributed by atoms with Crippen molar-refractivity contribution in [2.45, 2.75) is 52.2 Å². The standard InChI is InChI=1S/C26H32N8O/c1-16(2)33-24(35)20-15-29-25(30-19-10-9-17-11-12-28-14-18(17)13-19)32-23(20)34(33)22-8-6-7-21(31-22)26(3,4)27-5/h6-10,13,15-16,27-28H,11-12,14H2,1-5H3,(H,29,30,32). The van der Waals surface area contributed by atoms with Crippen molar-refractivity contribution in [1.82, 2.24) is 34.9 Å². The van der Waals surface area contributed by atoms with E-state index in [0.29, 0.717) is 22.8 Å². The SMILES string of the molecule is CNC(C)(C)c1cccc(-n2c3nc(Nc4ccc5c(c4)CNCC5)ncc3c(=O)n2C(C)C)n1. The molecule has 0 spiro atoms. The van der Waals surface area contributed by atoms with Gasteiger partial charge in [0.2, 0.25) is 5.95 Å². The van der Waals surface area contributed by atoms with E-state index < -0.39 is 0 Å². The molecule has 0 saturated carbocycles. The molecule has 182 valence electrons. The molecule has 4 aromatic rings. The Morgan fingerprint density at radius 3 is 2.71 bits per heavy atom. The van der Waals surface area contributed by atoms with Gasteiger partial charge in [0, 0.05) is 24.5 Å². The number of nitrogens with one attached hydrogen (secondary N) is 3. The highest BCUT2D eigenvalue weighted by Gasteiger charge is 2.23. The monoisotopic (exact) mass is 472 g/mol. The molecule has 9 nitrogen and oxygen atoms in total. The Balaban J connectivity index is 1.62. The predicted molar refractivity (Wildman–Crippen MR) is 139 cm³/mol. The fraction of sp³-hybridized carbons (Fsp3) is 0.385. The molecule has 0 radical (unpaired) electrons. The van der Waals surface area contributed by atoms with Crippen LogP contribution in [0.2, 0.25) is 0 Å². The zero-order valence-electron chi connectivity index (χ0n) is 20.9. The van der Waals surface area contributed by atoms with Gasteiger partial charge >= 0.3 is 0 Å². The van der Waals surface area contributed by atoms with Crippen molar-refractivity contribution in [3.8, 4) is 5.82 Å². The molecule has 1 aliphatic heterocycles. The fourth-order valence-corrected chi connectivity index (χ4v) is 4.45. The van der Waals surface area contributed by atoms with Gasteiger partial charge < -0.3 is 16.0 Å². The Morgan fingerprint density at radius 1 is 1.11 bits per heavy atom. The molecular formula is C26H32N8O. The first-order valence-corrected chi connectivity index (χ1v) is 12.0. The molecule has 3 N–H and O–H groups in total. The van der Waals surface area contributed by atoms with E-state index in [4.69, 9.17) is 9.97 Å². The van der Waals surface area contributed by atoms with Gasteiger partial charge in [0.05, 0.1) is 11.2 Å². The lowest BCUT2D eigenvalue weighted by atomic mass is 10.0. The van der Waals surface area contributed by atoms with Crippen molar-refractivity contribution in [3.63, 3.8) is 0 Å². The molecule has 3 aromatic heterocycles. The first-order chi connectivity index (χ1) is 16.8. The van der Waals surface area contributed by atoms with E-state index >= 15 is 0 Å². The highest BCUT2D eigenvalue weighted by Crippen LogP contribution is 2.24. The van der Waals surface area contributed by atoms with Gasteiger partial charge in [-0.3, -0.25) is 4.79 Å². The minimum atomic E-state index is -0.328. The van der Waals surface area contributed by atoms with Gasteiger partial charge in [-0.25, -0.2) is 19.3 Å². The maximum Gasteiger partial charge on any atom is 0.278 e. The van der Waals surface area contributed by atoms with E-state index in [1.165, 1.54) is 11.1 Å². The van der Waals surface area contributed by atoms with Gasteiger partial charge in [-0.1, -0.05) is 12.1 Å². The molecule has 0 amide bonds. The lowest BCUT2D eigenvalue weighted by Crippen LogP contribution is -2.34. The number of pyridine rings is 1. The average Bonchev–Trinajstić information content (AvgIpc) is 3.16. The third-order valence-corrected chi connectivity index (χ3v) is 6.68. The van der Waals surface area contributed by atoms with Crippen LogP contribution in [0.4, 0.5) is 11.6 Å². The maximum atomic E-state index is 13.3. The average molecular weight is 473 g/mol. The van der Waals surface area contributed by atoms with Gasteiger partial charge in [0.15, 0.2) is 11.5 Å². The van der Waals surface area contributed by atoms with Gasteiger partial charge in [-0.05, 0) is 83.1 Å². The Morgan fingerprint density at radius 2 is 1.94 bits per heavy atom. The Kier molecular flexibility index (Phi) is 5.90.